The molecular formula is C14H22N4OS. The monoisotopic (exact) mass is 294 g/mol. The van der Waals surface area contributed by atoms with Crippen LogP contribution in [0.3, 0.4) is 0 Å². The van der Waals surface area contributed by atoms with E-state index in [1.807, 2.05) is 18.7 Å². The molecule has 20 heavy (non-hydrogen) atoms. The van der Waals surface area contributed by atoms with Crippen LogP contribution in [0, 0.1) is 13.8 Å². The summed E-state index contributed by atoms with van der Waals surface area (Å²) in [5.41, 5.74) is 0.878. The van der Waals surface area contributed by atoms with Gasteiger partial charge in [0.1, 0.15) is 4.88 Å². The Hall–Kier alpha value is -0.980. The van der Waals surface area contributed by atoms with E-state index >= 15 is 0 Å². The minimum absolute atomic E-state index is 0.172. The lowest BCUT2D eigenvalue weighted by molar-refractivity contribution is 0.0777. The number of carbonyl (C=O) groups is 1. The van der Waals surface area contributed by atoms with Gasteiger partial charge in [-0.3, -0.25) is 9.69 Å². The summed E-state index contributed by atoms with van der Waals surface area (Å²) in [7, 11) is 0. The van der Waals surface area contributed by atoms with Gasteiger partial charge in [-0.2, -0.15) is 0 Å². The normalized spacial score (nSPS) is 24.3. The Morgan fingerprint density at radius 2 is 2.05 bits per heavy atom. The van der Waals surface area contributed by atoms with E-state index in [9.17, 15) is 4.79 Å². The van der Waals surface area contributed by atoms with Crippen molar-refractivity contribution in [1.82, 2.24) is 20.1 Å². The number of aryl methyl sites for hydroxylation is 2. The minimum Gasteiger partial charge on any atom is -0.336 e. The highest BCUT2D eigenvalue weighted by molar-refractivity contribution is 7.13. The first kappa shape index (κ1) is 14.0. The summed E-state index contributed by atoms with van der Waals surface area (Å²) >= 11 is 1.52. The molecule has 1 amide bonds. The molecule has 3 heterocycles. The first-order valence-corrected chi connectivity index (χ1v) is 8.15. The van der Waals surface area contributed by atoms with Crippen molar-refractivity contribution in [3.8, 4) is 0 Å². The Kier molecular flexibility index (Phi) is 4.05. The molecule has 6 heteroatoms. The van der Waals surface area contributed by atoms with Gasteiger partial charge in [0.05, 0.1) is 10.7 Å². The van der Waals surface area contributed by atoms with Crippen molar-refractivity contribution in [1.29, 1.82) is 0 Å². The Morgan fingerprint density at radius 3 is 2.70 bits per heavy atom. The van der Waals surface area contributed by atoms with Crippen LogP contribution in [0.5, 0.6) is 0 Å². The van der Waals surface area contributed by atoms with E-state index in [1.165, 1.54) is 11.3 Å². The molecule has 1 aromatic heterocycles. The van der Waals surface area contributed by atoms with E-state index in [0.717, 1.165) is 61.3 Å². The Labute approximate surface area is 124 Å². The molecule has 2 fully saturated rings. The summed E-state index contributed by atoms with van der Waals surface area (Å²) in [5, 5.41) is 4.36. The van der Waals surface area contributed by atoms with Crippen molar-refractivity contribution in [3.63, 3.8) is 0 Å². The highest BCUT2D eigenvalue weighted by Crippen LogP contribution is 2.23. The molecule has 2 aliphatic heterocycles. The van der Waals surface area contributed by atoms with Gasteiger partial charge >= 0.3 is 0 Å². The number of carbonyl (C=O) groups excluding carboxylic acids is 1. The number of thiazole rings is 1. The van der Waals surface area contributed by atoms with Gasteiger partial charge in [0.2, 0.25) is 0 Å². The molecule has 1 N–H and O–H groups in total. The number of aromatic nitrogens is 1. The quantitative estimate of drug-likeness (QED) is 0.880. The van der Waals surface area contributed by atoms with E-state index in [-0.39, 0.29) is 5.91 Å². The highest BCUT2D eigenvalue weighted by Gasteiger charge is 2.32. The molecule has 2 saturated heterocycles. The Bertz CT molecular complexity index is 495. The van der Waals surface area contributed by atoms with Crippen LogP contribution in [0.25, 0.3) is 0 Å². The highest BCUT2D eigenvalue weighted by atomic mass is 32.1. The van der Waals surface area contributed by atoms with Crippen molar-refractivity contribution in [2.75, 3.05) is 39.3 Å². The third-order valence-corrected chi connectivity index (χ3v) is 5.28. The molecule has 0 radical (unpaired) electrons. The van der Waals surface area contributed by atoms with Crippen LogP contribution in [0.1, 0.15) is 26.8 Å². The molecule has 0 saturated carbocycles. The number of nitrogens with zero attached hydrogens (tertiary/aromatic N) is 3. The minimum atomic E-state index is 0.172. The summed E-state index contributed by atoms with van der Waals surface area (Å²) in [4.78, 5) is 22.3. The van der Waals surface area contributed by atoms with Crippen molar-refractivity contribution in [3.05, 3.63) is 15.6 Å². The topological polar surface area (TPSA) is 48.5 Å². The largest absolute Gasteiger partial charge is 0.336 e. The van der Waals surface area contributed by atoms with Gasteiger partial charge in [0, 0.05) is 45.3 Å². The number of piperazine rings is 1. The van der Waals surface area contributed by atoms with Gasteiger partial charge in [0.25, 0.3) is 5.91 Å². The second kappa shape index (κ2) is 5.79. The fourth-order valence-corrected chi connectivity index (χ4v) is 4.03. The molecule has 0 aliphatic carbocycles. The average Bonchev–Trinajstić information content (AvgIpc) is 3.06. The van der Waals surface area contributed by atoms with Gasteiger partial charge in [-0.05, 0) is 20.3 Å². The van der Waals surface area contributed by atoms with E-state index in [1.54, 1.807) is 0 Å². The zero-order valence-corrected chi connectivity index (χ0v) is 13.0. The van der Waals surface area contributed by atoms with Crippen molar-refractivity contribution < 1.29 is 4.79 Å². The summed E-state index contributed by atoms with van der Waals surface area (Å²) in [6.45, 7) is 9.98. The second-order valence-electron chi connectivity index (χ2n) is 5.63. The molecule has 3 rings (SSSR count). The maximum absolute atomic E-state index is 12.6. The van der Waals surface area contributed by atoms with E-state index in [0.29, 0.717) is 6.04 Å². The maximum Gasteiger partial charge on any atom is 0.265 e. The summed E-state index contributed by atoms with van der Waals surface area (Å²) < 4.78 is 0. The first-order chi connectivity index (χ1) is 9.65. The van der Waals surface area contributed by atoms with Gasteiger partial charge < -0.3 is 10.2 Å². The molecule has 1 unspecified atom stereocenters. The lowest BCUT2D eigenvalue weighted by Gasteiger charge is -2.32. The Morgan fingerprint density at radius 1 is 1.30 bits per heavy atom. The summed E-state index contributed by atoms with van der Waals surface area (Å²) in [6, 6.07) is 0.537. The fourth-order valence-electron chi connectivity index (χ4n) is 3.14. The zero-order chi connectivity index (χ0) is 14.1. The van der Waals surface area contributed by atoms with E-state index in [4.69, 9.17) is 0 Å². The van der Waals surface area contributed by atoms with Crippen LogP contribution in [-0.2, 0) is 0 Å². The predicted molar refractivity (Wildman–Crippen MR) is 80.3 cm³/mol. The number of hydrogen-bond acceptors (Lipinski definition) is 5. The lowest BCUT2D eigenvalue weighted by atomic mass is 10.2. The van der Waals surface area contributed by atoms with Crippen LogP contribution in [0.4, 0.5) is 0 Å². The van der Waals surface area contributed by atoms with Crippen molar-refractivity contribution in [2.45, 2.75) is 26.3 Å². The van der Waals surface area contributed by atoms with E-state index < -0.39 is 0 Å². The third-order valence-electron chi connectivity index (χ3n) is 4.22. The van der Waals surface area contributed by atoms with Gasteiger partial charge in [-0.1, -0.05) is 0 Å². The molecule has 0 spiro atoms. The predicted octanol–water partition coefficient (Wildman–Crippen LogP) is 0.880. The number of amides is 1. The van der Waals surface area contributed by atoms with Crippen molar-refractivity contribution in [2.24, 2.45) is 0 Å². The lowest BCUT2D eigenvalue weighted by Crippen LogP contribution is -2.49. The van der Waals surface area contributed by atoms with E-state index in [2.05, 4.69) is 15.2 Å². The van der Waals surface area contributed by atoms with Gasteiger partial charge in [-0.15, -0.1) is 11.3 Å². The molecular weight excluding hydrogens is 272 g/mol. The third kappa shape index (κ3) is 2.73. The molecule has 110 valence electrons. The number of nitrogens with one attached hydrogen (secondary N) is 1. The van der Waals surface area contributed by atoms with Crippen LogP contribution in [-0.4, -0.2) is 66.0 Å². The van der Waals surface area contributed by atoms with Crippen LogP contribution in [0.2, 0.25) is 0 Å². The maximum atomic E-state index is 12.6. The summed E-state index contributed by atoms with van der Waals surface area (Å²) in [5.74, 6) is 0.172. The number of likely N-dealkylation sites (tertiary alicyclic amines) is 1. The first-order valence-electron chi connectivity index (χ1n) is 7.33. The fraction of sp³-hybridized carbons (Fsp3) is 0.714. The smallest absolute Gasteiger partial charge is 0.265 e. The number of hydrogen-bond donors (Lipinski definition) is 1. The Balaban J connectivity index is 1.64. The summed E-state index contributed by atoms with van der Waals surface area (Å²) in [6.07, 6.45) is 1.10. The van der Waals surface area contributed by atoms with Crippen LogP contribution >= 0.6 is 11.3 Å². The standard InChI is InChI=1S/C14H22N4OS/c1-10-13(20-11(2)16-10)14(19)18-6-3-12(9-18)17-7-4-15-5-8-17/h12,15H,3-9H2,1-2H3. The second-order valence-corrected chi connectivity index (χ2v) is 6.83. The zero-order valence-electron chi connectivity index (χ0n) is 12.2. The molecule has 5 nitrogen and oxygen atoms in total. The molecule has 0 aromatic carbocycles. The average molecular weight is 294 g/mol. The van der Waals surface area contributed by atoms with Gasteiger partial charge in [-0.25, -0.2) is 4.98 Å². The number of rotatable bonds is 2. The SMILES string of the molecule is Cc1nc(C)c(C(=O)N2CCC(N3CCNCC3)C2)s1. The van der Waals surface area contributed by atoms with Crippen molar-refractivity contribution >= 4 is 17.2 Å². The van der Waals surface area contributed by atoms with Gasteiger partial charge in [0.15, 0.2) is 0 Å². The molecule has 1 atom stereocenters. The molecule has 2 aliphatic rings. The van der Waals surface area contributed by atoms with Crippen LogP contribution < -0.4 is 5.32 Å². The molecule has 0 bridgehead atoms. The van der Waals surface area contributed by atoms with Crippen LogP contribution in [0.15, 0.2) is 0 Å². The molecule has 1 aromatic rings.